The number of oxime groups is 1. The molecule has 0 aliphatic carbocycles. The highest BCUT2D eigenvalue weighted by Crippen LogP contribution is 2.33. The van der Waals surface area contributed by atoms with Crippen LogP contribution in [0.2, 0.25) is 5.02 Å². The van der Waals surface area contributed by atoms with Gasteiger partial charge in [-0.1, -0.05) is 28.5 Å². The number of benzene rings is 1. The Hall–Kier alpha value is -1.07. The molecule has 1 rings (SSSR count). The van der Waals surface area contributed by atoms with E-state index in [2.05, 4.69) is 10.6 Å². The Bertz CT molecular complexity index is 601. The zero-order valence-electron chi connectivity index (χ0n) is 13.9. The van der Waals surface area contributed by atoms with Crippen molar-refractivity contribution in [3.8, 4) is 0 Å². The summed E-state index contributed by atoms with van der Waals surface area (Å²) < 4.78 is 1.31. The van der Waals surface area contributed by atoms with Crippen LogP contribution in [0.1, 0.15) is 13.8 Å². The largest absolute Gasteiger partial charge is 0.446 e. The van der Waals surface area contributed by atoms with E-state index in [1.54, 1.807) is 33.0 Å². The summed E-state index contributed by atoms with van der Waals surface area (Å²) in [6.07, 6.45) is -0.620. The fourth-order valence-corrected chi connectivity index (χ4v) is 3.42. The molecule has 0 fully saturated rings. The number of carbonyl (C=O) groups is 2. The molecular formula is C14H18ClN3O4S3. The van der Waals surface area contributed by atoms with Gasteiger partial charge in [0.1, 0.15) is 5.04 Å². The number of nitrogens with one attached hydrogen (secondary N) is 1. The van der Waals surface area contributed by atoms with Crippen LogP contribution in [0.3, 0.4) is 0 Å². The molecule has 1 N–H and O–H groups in total. The Kier molecular flexibility index (Phi) is 10.8. The second-order valence-corrected chi connectivity index (χ2v) is 8.21. The minimum absolute atomic E-state index is 0.115. The third-order valence-corrected chi connectivity index (χ3v) is 5.85. The molecule has 11 heteroatoms. The molecule has 0 bridgehead atoms. The first-order valence-corrected chi connectivity index (χ1v) is 10.5. The predicted molar refractivity (Wildman–Crippen MR) is 104 cm³/mol. The number of rotatable bonds is 8. The lowest BCUT2D eigenvalue weighted by Crippen LogP contribution is -2.25. The molecule has 0 aromatic heterocycles. The molecule has 0 aliphatic rings. The van der Waals surface area contributed by atoms with Crippen molar-refractivity contribution in [2.45, 2.75) is 18.7 Å². The van der Waals surface area contributed by atoms with Gasteiger partial charge in [0, 0.05) is 27.9 Å². The Morgan fingerprint density at radius 1 is 1.32 bits per heavy atom. The Morgan fingerprint density at radius 2 is 2.00 bits per heavy atom. The standard InChI is InChI=1S/C14H18ClN3O4S3/c1-4-21-17-13(19)9-23-10(2)16-22-14(20)18(3)25-24-12-7-5-11(15)6-8-12/h5-8H,4,9H2,1-3H3,(H,17,19). The number of hydroxylamine groups is 1. The zero-order valence-corrected chi connectivity index (χ0v) is 17.1. The molecule has 7 nitrogen and oxygen atoms in total. The van der Waals surface area contributed by atoms with Gasteiger partial charge in [-0.3, -0.25) is 14.5 Å². The Balaban J connectivity index is 2.31. The molecule has 138 valence electrons. The maximum atomic E-state index is 11.8. The lowest BCUT2D eigenvalue weighted by atomic mass is 10.4. The van der Waals surface area contributed by atoms with Crippen molar-refractivity contribution in [1.82, 2.24) is 9.79 Å². The van der Waals surface area contributed by atoms with Crippen LogP contribution in [0.25, 0.3) is 0 Å². The van der Waals surface area contributed by atoms with Crippen LogP contribution in [-0.4, -0.2) is 40.8 Å². The molecular weight excluding hydrogens is 406 g/mol. The Labute approximate surface area is 163 Å². The van der Waals surface area contributed by atoms with Gasteiger partial charge < -0.3 is 0 Å². The summed E-state index contributed by atoms with van der Waals surface area (Å²) >= 11 is 6.95. The molecule has 2 amide bonds. The minimum Gasteiger partial charge on any atom is -0.296 e. The average molecular weight is 424 g/mol. The quantitative estimate of drug-likeness (QED) is 0.167. The number of thioether (sulfide) groups is 1. The number of halogens is 1. The van der Waals surface area contributed by atoms with Crippen LogP contribution in [0.5, 0.6) is 0 Å². The van der Waals surface area contributed by atoms with Crippen molar-refractivity contribution >= 4 is 62.2 Å². The first-order chi connectivity index (χ1) is 11.9. The summed E-state index contributed by atoms with van der Waals surface area (Å²) in [6, 6.07) is 7.25. The fourth-order valence-electron chi connectivity index (χ4n) is 1.16. The van der Waals surface area contributed by atoms with Gasteiger partial charge in [-0.2, -0.15) is 0 Å². The minimum atomic E-state index is -0.620. The van der Waals surface area contributed by atoms with Gasteiger partial charge >= 0.3 is 6.09 Å². The fraction of sp³-hybridized carbons (Fsp3) is 0.357. The summed E-state index contributed by atoms with van der Waals surface area (Å²) in [4.78, 5) is 33.7. The molecule has 0 radical (unpaired) electrons. The van der Waals surface area contributed by atoms with Crippen molar-refractivity contribution in [1.29, 1.82) is 0 Å². The van der Waals surface area contributed by atoms with E-state index >= 15 is 0 Å². The van der Waals surface area contributed by atoms with Crippen molar-refractivity contribution in [3.63, 3.8) is 0 Å². The van der Waals surface area contributed by atoms with Crippen LogP contribution >= 0.6 is 45.1 Å². The molecule has 1 aromatic carbocycles. The summed E-state index contributed by atoms with van der Waals surface area (Å²) in [7, 11) is 4.16. The van der Waals surface area contributed by atoms with Gasteiger partial charge in [0.2, 0.25) is 0 Å². The first-order valence-electron chi connectivity index (χ1n) is 7.05. The van der Waals surface area contributed by atoms with E-state index in [0.717, 1.165) is 16.7 Å². The van der Waals surface area contributed by atoms with Crippen molar-refractivity contribution in [2.24, 2.45) is 5.16 Å². The molecule has 0 unspecified atom stereocenters. The number of hydrogen-bond acceptors (Lipinski definition) is 8. The lowest BCUT2D eigenvalue weighted by molar-refractivity contribution is -0.130. The smallest absolute Gasteiger partial charge is 0.296 e. The van der Waals surface area contributed by atoms with E-state index < -0.39 is 6.09 Å². The average Bonchev–Trinajstić information content (AvgIpc) is 2.61. The van der Waals surface area contributed by atoms with E-state index in [9.17, 15) is 9.59 Å². The van der Waals surface area contributed by atoms with E-state index in [1.165, 1.54) is 26.1 Å². The molecule has 0 heterocycles. The van der Waals surface area contributed by atoms with Gasteiger partial charge in [0.15, 0.2) is 0 Å². The lowest BCUT2D eigenvalue weighted by Gasteiger charge is -2.12. The maximum Gasteiger partial charge on any atom is 0.446 e. The summed E-state index contributed by atoms with van der Waals surface area (Å²) in [5.41, 5.74) is 2.26. The summed E-state index contributed by atoms with van der Waals surface area (Å²) in [6.45, 7) is 3.79. The van der Waals surface area contributed by atoms with Crippen molar-refractivity contribution in [3.05, 3.63) is 29.3 Å². The van der Waals surface area contributed by atoms with E-state index in [-0.39, 0.29) is 11.7 Å². The summed E-state index contributed by atoms with van der Waals surface area (Å²) in [5, 5.41) is 4.79. The topological polar surface area (TPSA) is 80.2 Å². The molecule has 0 spiro atoms. The van der Waals surface area contributed by atoms with Gasteiger partial charge in [0.05, 0.1) is 12.4 Å². The highest BCUT2D eigenvalue weighted by Gasteiger charge is 2.12. The van der Waals surface area contributed by atoms with E-state index in [4.69, 9.17) is 21.3 Å². The molecule has 0 aliphatic heterocycles. The number of amides is 2. The number of nitrogens with zero attached hydrogens (tertiary/aromatic N) is 2. The van der Waals surface area contributed by atoms with Crippen LogP contribution in [-0.2, 0) is 14.5 Å². The van der Waals surface area contributed by atoms with Crippen LogP contribution in [0.4, 0.5) is 4.79 Å². The zero-order chi connectivity index (χ0) is 18.7. The Morgan fingerprint density at radius 3 is 2.64 bits per heavy atom. The molecule has 1 aromatic rings. The van der Waals surface area contributed by atoms with Crippen molar-refractivity contribution < 1.29 is 19.3 Å². The van der Waals surface area contributed by atoms with Gasteiger partial charge in [-0.15, -0.1) is 0 Å². The first kappa shape index (κ1) is 22.0. The highest BCUT2D eigenvalue weighted by atomic mass is 35.5. The second kappa shape index (κ2) is 12.3. The molecule has 25 heavy (non-hydrogen) atoms. The number of carbonyl (C=O) groups excluding carboxylic acids is 2. The monoisotopic (exact) mass is 423 g/mol. The van der Waals surface area contributed by atoms with Crippen LogP contribution in [0.15, 0.2) is 34.3 Å². The predicted octanol–water partition coefficient (Wildman–Crippen LogP) is 4.20. The third kappa shape index (κ3) is 9.85. The van der Waals surface area contributed by atoms with Gasteiger partial charge in [-0.25, -0.2) is 14.6 Å². The molecule has 0 saturated carbocycles. The third-order valence-electron chi connectivity index (χ3n) is 2.31. The number of hydrogen-bond donors (Lipinski definition) is 1. The maximum absolute atomic E-state index is 11.8. The van der Waals surface area contributed by atoms with Gasteiger partial charge in [0.25, 0.3) is 5.91 Å². The highest BCUT2D eigenvalue weighted by molar-refractivity contribution is 8.75. The van der Waals surface area contributed by atoms with E-state index in [1.807, 2.05) is 12.1 Å². The molecule has 0 atom stereocenters. The van der Waals surface area contributed by atoms with Crippen molar-refractivity contribution in [2.75, 3.05) is 19.4 Å². The SMILES string of the molecule is CCONC(=O)CSC(C)=NOC(=O)N(C)SSc1ccc(Cl)cc1. The normalized spacial score (nSPS) is 11.1. The van der Waals surface area contributed by atoms with Crippen LogP contribution < -0.4 is 5.48 Å². The molecule has 0 saturated heterocycles. The van der Waals surface area contributed by atoms with Crippen LogP contribution in [0, 0.1) is 0 Å². The second-order valence-electron chi connectivity index (χ2n) is 4.32. The van der Waals surface area contributed by atoms with Gasteiger partial charge in [-0.05, 0) is 48.9 Å². The van der Waals surface area contributed by atoms with E-state index in [0.29, 0.717) is 16.7 Å². The summed E-state index contributed by atoms with van der Waals surface area (Å²) in [5.74, 6) is -0.177.